The summed E-state index contributed by atoms with van der Waals surface area (Å²) in [7, 11) is 1.85. The van der Waals surface area contributed by atoms with Crippen LogP contribution in [0.25, 0.3) is 0 Å². The standard InChI is InChI=1S/C15H23N3O/c1-15(2,18-11-9-16-10-12-18)14(19)17(3)13-7-5-4-6-8-13/h4-8,16H,9-12H2,1-3H3. The number of rotatable bonds is 3. The second-order valence-corrected chi connectivity index (χ2v) is 5.50. The van der Waals surface area contributed by atoms with Crippen molar-refractivity contribution in [2.24, 2.45) is 0 Å². The molecule has 0 radical (unpaired) electrons. The molecule has 0 atom stereocenters. The van der Waals surface area contributed by atoms with Gasteiger partial charge in [-0.05, 0) is 26.0 Å². The lowest BCUT2D eigenvalue weighted by Crippen LogP contribution is -2.60. The third-order valence-electron chi connectivity index (χ3n) is 3.88. The topological polar surface area (TPSA) is 35.6 Å². The van der Waals surface area contributed by atoms with Gasteiger partial charge < -0.3 is 10.2 Å². The van der Waals surface area contributed by atoms with Gasteiger partial charge in [0.1, 0.15) is 0 Å². The van der Waals surface area contributed by atoms with Crippen molar-refractivity contribution in [2.75, 3.05) is 38.1 Å². The summed E-state index contributed by atoms with van der Waals surface area (Å²) < 4.78 is 0. The van der Waals surface area contributed by atoms with Crippen molar-refractivity contribution in [2.45, 2.75) is 19.4 Å². The van der Waals surface area contributed by atoms with Crippen molar-refractivity contribution in [3.63, 3.8) is 0 Å². The van der Waals surface area contributed by atoms with E-state index in [0.717, 1.165) is 31.9 Å². The van der Waals surface area contributed by atoms with E-state index in [1.165, 1.54) is 0 Å². The third kappa shape index (κ3) is 2.96. The van der Waals surface area contributed by atoms with Gasteiger partial charge in [-0.25, -0.2) is 0 Å². The molecule has 1 aliphatic rings. The average Bonchev–Trinajstić information content (AvgIpc) is 2.47. The Kier molecular flexibility index (Phi) is 4.22. The second kappa shape index (κ2) is 5.72. The molecule has 0 saturated carbocycles. The van der Waals surface area contributed by atoms with Gasteiger partial charge in [0, 0.05) is 38.9 Å². The normalized spacial score (nSPS) is 17.2. The molecule has 1 aromatic carbocycles. The van der Waals surface area contributed by atoms with Gasteiger partial charge in [-0.3, -0.25) is 9.69 Å². The summed E-state index contributed by atoms with van der Waals surface area (Å²) in [5.74, 6) is 0.139. The number of nitrogens with zero attached hydrogens (tertiary/aromatic N) is 2. The van der Waals surface area contributed by atoms with Crippen LogP contribution in [-0.4, -0.2) is 49.6 Å². The molecule has 1 fully saturated rings. The van der Waals surface area contributed by atoms with Crippen molar-refractivity contribution in [3.8, 4) is 0 Å². The molecule has 4 nitrogen and oxygen atoms in total. The molecule has 1 aromatic rings. The van der Waals surface area contributed by atoms with Crippen molar-refractivity contribution in [1.29, 1.82) is 0 Å². The number of nitrogens with one attached hydrogen (secondary N) is 1. The molecular weight excluding hydrogens is 238 g/mol. The molecule has 0 aromatic heterocycles. The lowest BCUT2D eigenvalue weighted by molar-refractivity contribution is -0.129. The van der Waals surface area contributed by atoms with Crippen LogP contribution in [0.4, 0.5) is 5.69 Å². The van der Waals surface area contributed by atoms with E-state index in [4.69, 9.17) is 0 Å². The highest BCUT2D eigenvalue weighted by atomic mass is 16.2. The lowest BCUT2D eigenvalue weighted by atomic mass is 9.99. The number of anilines is 1. The minimum absolute atomic E-state index is 0.139. The number of carbonyl (C=O) groups is 1. The maximum atomic E-state index is 12.7. The molecule has 4 heteroatoms. The van der Waals surface area contributed by atoms with Crippen molar-refractivity contribution in [3.05, 3.63) is 30.3 Å². The number of piperazine rings is 1. The fourth-order valence-electron chi connectivity index (χ4n) is 2.54. The van der Waals surface area contributed by atoms with Crippen LogP contribution in [0, 0.1) is 0 Å². The number of carbonyl (C=O) groups excluding carboxylic acids is 1. The number of amides is 1. The Morgan fingerprint density at radius 2 is 1.79 bits per heavy atom. The Morgan fingerprint density at radius 1 is 1.21 bits per heavy atom. The summed E-state index contributed by atoms with van der Waals surface area (Å²) in [6.45, 7) is 7.76. The molecule has 1 heterocycles. The van der Waals surface area contributed by atoms with E-state index in [9.17, 15) is 4.79 Å². The quantitative estimate of drug-likeness (QED) is 0.891. The van der Waals surface area contributed by atoms with Gasteiger partial charge in [-0.1, -0.05) is 18.2 Å². The predicted molar refractivity (Wildman–Crippen MR) is 78.4 cm³/mol. The highest BCUT2D eigenvalue weighted by molar-refractivity contribution is 5.99. The number of likely N-dealkylation sites (N-methyl/N-ethyl adjacent to an activating group) is 1. The molecule has 0 aliphatic carbocycles. The Morgan fingerprint density at radius 3 is 2.37 bits per heavy atom. The zero-order chi connectivity index (χ0) is 13.9. The largest absolute Gasteiger partial charge is 0.314 e. The van der Waals surface area contributed by atoms with Crippen molar-refractivity contribution in [1.82, 2.24) is 10.2 Å². The van der Waals surface area contributed by atoms with Crippen LogP contribution < -0.4 is 10.2 Å². The smallest absolute Gasteiger partial charge is 0.246 e. The van der Waals surface area contributed by atoms with E-state index in [1.807, 2.05) is 51.2 Å². The Bertz CT molecular complexity index is 424. The SMILES string of the molecule is CN(C(=O)C(C)(C)N1CCNCC1)c1ccccc1. The second-order valence-electron chi connectivity index (χ2n) is 5.50. The van der Waals surface area contributed by atoms with Crippen LogP contribution >= 0.6 is 0 Å². The maximum Gasteiger partial charge on any atom is 0.246 e. The number of hydrogen-bond acceptors (Lipinski definition) is 3. The van der Waals surface area contributed by atoms with Crippen molar-refractivity contribution >= 4 is 11.6 Å². The molecule has 0 spiro atoms. The van der Waals surface area contributed by atoms with Gasteiger partial charge in [0.2, 0.25) is 5.91 Å². The van der Waals surface area contributed by atoms with E-state index >= 15 is 0 Å². The van der Waals surface area contributed by atoms with Crippen LogP contribution in [0.5, 0.6) is 0 Å². The van der Waals surface area contributed by atoms with E-state index < -0.39 is 5.54 Å². The first-order chi connectivity index (χ1) is 9.03. The highest BCUT2D eigenvalue weighted by Crippen LogP contribution is 2.21. The first-order valence-electron chi connectivity index (χ1n) is 6.82. The zero-order valence-electron chi connectivity index (χ0n) is 12.0. The number of hydrogen-bond donors (Lipinski definition) is 1. The molecule has 1 amide bonds. The summed E-state index contributed by atoms with van der Waals surface area (Å²) in [4.78, 5) is 16.7. The first kappa shape index (κ1) is 14.0. The Labute approximate surface area is 115 Å². The zero-order valence-corrected chi connectivity index (χ0v) is 12.0. The summed E-state index contributed by atoms with van der Waals surface area (Å²) in [5, 5.41) is 3.32. The fraction of sp³-hybridized carbons (Fsp3) is 0.533. The Hall–Kier alpha value is -1.39. The van der Waals surface area contributed by atoms with Crippen molar-refractivity contribution < 1.29 is 4.79 Å². The van der Waals surface area contributed by atoms with Gasteiger partial charge in [0.25, 0.3) is 0 Å². The van der Waals surface area contributed by atoms with Gasteiger partial charge in [0.15, 0.2) is 0 Å². The van der Waals surface area contributed by atoms with Gasteiger partial charge in [-0.15, -0.1) is 0 Å². The lowest BCUT2D eigenvalue weighted by Gasteiger charge is -2.41. The van der Waals surface area contributed by atoms with Crippen LogP contribution in [0.2, 0.25) is 0 Å². The van der Waals surface area contributed by atoms with E-state index in [-0.39, 0.29) is 5.91 Å². The summed E-state index contributed by atoms with van der Waals surface area (Å²) in [5.41, 5.74) is 0.475. The van der Waals surface area contributed by atoms with Gasteiger partial charge in [-0.2, -0.15) is 0 Å². The molecule has 2 rings (SSSR count). The van der Waals surface area contributed by atoms with E-state index in [1.54, 1.807) is 4.90 Å². The molecule has 1 N–H and O–H groups in total. The van der Waals surface area contributed by atoms with Crippen LogP contribution in [0.15, 0.2) is 30.3 Å². The van der Waals surface area contributed by atoms with Crippen LogP contribution in [0.1, 0.15) is 13.8 Å². The predicted octanol–water partition coefficient (Wildman–Crippen LogP) is 1.33. The first-order valence-corrected chi connectivity index (χ1v) is 6.82. The fourth-order valence-corrected chi connectivity index (χ4v) is 2.54. The summed E-state index contributed by atoms with van der Waals surface area (Å²) in [6, 6.07) is 9.80. The molecule has 0 bridgehead atoms. The third-order valence-corrected chi connectivity index (χ3v) is 3.88. The van der Waals surface area contributed by atoms with E-state index in [0.29, 0.717) is 0 Å². The molecular formula is C15H23N3O. The van der Waals surface area contributed by atoms with Crippen LogP contribution in [0.3, 0.4) is 0 Å². The average molecular weight is 261 g/mol. The molecule has 0 unspecified atom stereocenters. The highest BCUT2D eigenvalue weighted by Gasteiger charge is 2.37. The molecule has 19 heavy (non-hydrogen) atoms. The molecule has 1 saturated heterocycles. The minimum Gasteiger partial charge on any atom is -0.314 e. The summed E-state index contributed by atoms with van der Waals surface area (Å²) in [6.07, 6.45) is 0. The maximum absolute atomic E-state index is 12.7. The summed E-state index contributed by atoms with van der Waals surface area (Å²) >= 11 is 0. The number of para-hydroxylation sites is 1. The number of benzene rings is 1. The molecule has 1 aliphatic heterocycles. The van der Waals surface area contributed by atoms with Gasteiger partial charge in [0.05, 0.1) is 5.54 Å². The van der Waals surface area contributed by atoms with E-state index in [2.05, 4.69) is 10.2 Å². The van der Waals surface area contributed by atoms with Gasteiger partial charge >= 0.3 is 0 Å². The molecule has 104 valence electrons. The minimum atomic E-state index is -0.466. The van der Waals surface area contributed by atoms with Crippen LogP contribution in [-0.2, 0) is 4.79 Å². The monoisotopic (exact) mass is 261 g/mol. The Balaban J connectivity index is 2.13.